The third kappa shape index (κ3) is 12.1. The van der Waals surface area contributed by atoms with Crippen molar-refractivity contribution in [2.45, 2.75) is 0 Å². The predicted molar refractivity (Wildman–Crippen MR) is 100 cm³/mol. The van der Waals surface area contributed by atoms with Crippen LogP contribution in [0, 0.1) is 5.41 Å². The first-order valence-corrected chi connectivity index (χ1v) is 9.53. The molecule has 9 nitrogen and oxygen atoms in total. The fraction of sp³-hybridized carbons (Fsp3) is 1.00. The van der Waals surface area contributed by atoms with Crippen molar-refractivity contribution in [2.24, 2.45) is 16.9 Å². The van der Waals surface area contributed by atoms with Gasteiger partial charge >= 0.3 is 0 Å². The number of rotatable bonds is 8. The highest BCUT2D eigenvalue weighted by atomic mass is 16.6. The van der Waals surface area contributed by atoms with E-state index in [1.54, 1.807) is 0 Å². The SMILES string of the molecule is NCCNCC1(CNCCN)COCCOCCOCCOCCOC1. The number of ether oxygens (including phenoxy) is 5. The number of nitrogens with one attached hydrogen (secondary N) is 2. The second-order valence-corrected chi connectivity index (χ2v) is 6.37. The second kappa shape index (κ2) is 16.8. The van der Waals surface area contributed by atoms with Crippen LogP contribution in [0.4, 0.5) is 0 Å². The molecule has 1 rings (SSSR count). The molecule has 0 aromatic rings. The Morgan fingerprint density at radius 3 is 1.27 bits per heavy atom. The van der Waals surface area contributed by atoms with Gasteiger partial charge in [-0.25, -0.2) is 0 Å². The van der Waals surface area contributed by atoms with Crippen molar-refractivity contribution >= 4 is 0 Å². The zero-order valence-corrected chi connectivity index (χ0v) is 16.0. The van der Waals surface area contributed by atoms with Gasteiger partial charge in [0.1, 0.15) is 0 Å². The van der Waals surface area contributed by atoms with E-state index in [-0.39, 0.29) is 5.41 Å². The molecule has 0 atom stereocenters. The minimum Gasteiger partial charge on any atom is -0.378 e. The summed E-state index contributed by atoms with van der Waals surface area (Å²) in [5.41, 5.74) is 11.0. The fourth-order valence-electron chi connectivity index (χ4n) is 2.57. The molecule has 0 aromatic carbocycles. The molecule has 0 aliphatic carbocycles. The Balaban J connectivity index is 2.57. The number of nitrogens with two attached hydrogens (primary N) is 2. The van der Waals surface area contributed by atoms with Crippen LogP contribution in [0.5, 0.6) is 0 Å². The van der Waals surface area contributed by atoms with Crippen LogP contribution in [-0.2, 0) is 23.7 Å². The Morgan fingerprint density at radius 1 is 0.577 bits per heavy atom. The standard InChI is InChI=1S/C17H38N4O5/c18-1-3-20-13-17(14-21-4-2-19)15-25-11-9-23-7-5-22-6-8-24-10-12-26-16-17/h20-21H,1-16,18-19H2. The molecule has 9 heteroatoms. The molecule has 0 saturated carbocycles. The Morgan fingerprint density at radius 2 is 0.923 bits per heavy atom. The van der Waals surface area contributed by atoms with E-state index in [9.17, 15) is 0 Å². The van der Waals surface area contributed by atoms with E-state index in [2.05, 4.69) is 10.6 Å². The minimum atomic E-state index is -0.204. The third-order valence-electron chi connectivity index (χ3n) is 3.95. The van der Waals surface area contributed by atoms with E-state index in [1.807, 2.05) is 0 Å². The predicted octanol–water partition coefficient (Wildman–Crippen LogP) is -1.83. The lowest BCUT2D eigenvalue weighted by molar-refractivity contribution is -0.0594. The Hall–Kier alpha value is -0.360. The zero-order chi connectivity index (χ0) is 18.8. The molecule has 1 saturated heterocycles. The summed E-state index contributed by atoms with van der Waals surface area (Å²) in [6, 6.07) is 0. The van der Waals surface area contributed by atoms with Gasteiger partial charge in [-0.3, -0.25) is 0 Å². The molecule has 0 unspecified atom stereocenters. The van der Waals surface area contributed by atoms with Crippen LogP contribution in [0.3, 0.4) is 0 Å². The van der Waals surface area contributed by atoms with Crippen LogP contribution in [0.15, 0.2) is 0 Å². The highest BCUT2D eigenvalue weighted by Gasteiger charge is 2.30. The molecule has 0 amide bonds. The normalized spacial score (nSPS) is 21.5. The number of hydrogen-bond donors (Lipinski definition) is 4. The van der Waals surface area contributed by atoms with Crippen molar-refractivity contribution in [1.82, 2.24) is 10.6 Å². The Kier molecular flexibility index (Phi) is 15.3. The highest BCUT2D eigenvalue weighted by Crippen LogP contribution is 2.17. The lowest BCUT2D eigenvalue weighted by atomic mass is 9.89. The van der Waals surface area contributed by atoms with Crippen molar-refractivity contribution in [3.63, 3.8) is 0 Å². The van der Waals surface area contributed by atoms with E-state index in [1.165, 1.54) is 0 Å². The van der Waals surface area contributed by atoms with Crippen LogP contribution in [0.25, 0.3) is 0 Å². The average Bonchev–Trinajstić information content (AvgIpc) is 2.64. The van der Waals surface area contributed by atoms with Gasteiger partial charge in [0.2, 0.25) is 0 Å². The lowest BCUT2D eigenvalue weighted by Gasteiger charge is -2.34. The second-order valence-electron chi connectivity index (χ2n) is 6.37. The quantitative estimate of drug-likeness (QED) is 0.361. The van der Waals surface area contributed by atoms with Crippen LogP contribution in [0.1, 0.15) is 0 Å². The van der Waals surface area contributed by atoms with Crippen LogP contribution >= 0.6 is 0 Å². The molecule has 1 aliphatic heterocycles. The van der Waals surface area contributed by atoms with E-state index < -0.39 is 0 Å². The summed E-state index contributed by atoms with van der Waals surface area (Å²) in [4.78, 5) is 0. The molecule has 0 radical (unpaired) electrons. The smallest absolute Gasteiger partial charge is 0.0701 e. The minimum absolute atomic E-state index is 0.204. The van der Waals surface area contributed by atoms with Crippen molar-refractivity contribution in [2.75, 3.05) is 105 Å². The summed E-state index contributed by atoms with van der Waals surface area (Å²) in [5.74, 6) is 0. The van der Waals surface area contributed by atoms with E-state index in [0.717, 1.165) is 26.2 Å². The van der Waals surface area contributed by atoms with Crippen LogP contribution in [0.2, 0.25) is 0 Å². The van der Waals surface area contributed by atoms with Crippen molar-refractivity contribution in [1.29, 1.82) is 0 Å². The van der Waals surface area contributed by atoms with Gasteiger partial charge in [-0.15, -0.1) is 0 Å². The van der Waals surface area contributed by atoms with Crippen molar-refractivity contribution in [3.8, 4) is 0 Å². The monoisotopic (exact) mass is 378 g/mol. The van der Waals surface area contributed by atoms with Gasteiger partial charge in [-0.05, 0) is 0 Å². The zero-order valence-electron chi connectivity index (χ0n) is 16.0. The molecule has 1 aliphatic rings. The first-order chi connectivity index (χ1) is 12.8. The summed E-state index contributed by atoms with van der Waals surface area (Å²) in [5, 5.41) is 6.78. The van der Waals surface area contributed by atoms with Crippen LogP contribution in [-0.4, -0.2) is 105 Å². The first-order valence-electron chi connectivity index (χ1n) is 9.53. The van der Waals surface area contributed by atoms with Crippen LogP contribution < -0.4 is 22.1 Å². The summed E-state index contributed by atoms with van der Waals surface area (Å²) in [7, 11) is 0. The van der Waals surface area contributed by atoms with Gasteiger partial charge < -0.3 is 45.8 Å². The molecule has 0 spiro atoms. The largest absolute Gasteiger partial charge is 0.378 e. The molecular weight excluding hydrogens is 340 g/mol. The topological polar surface area (TPSA) is 122 Å². The van der Waals surface area contributed by atoms with E-state index in [0.29, 0.717) is 79.2 Å². The molecule has 0 aromatic heterocycles. The fourth-order valence-corrected chi connectivity index (χ4v) is 2.57. The maximum Gasteiger partial charge on any atom is 0.0701 e. The average molecular weight is 379 g/mol. The molecule has 1 heterocycles. The first kappa shape index (κ1) is 23.7. The molecule has 26 heavy (non-hydrogen) atoms. The molecule has 0 bridgehead atoms. The summed E-state index contributed by atoms with van der Waals surface area (Å²) >= 11 is 0. The maximum absolute atomic E-state index is 5.89. The van der Waals surface area contributed by atoms with Gasteiger partial charge in [0.15, 0.2) is 0 Å². The number of hydrogen-bond acceptors (Lipinski definition) is 9. The molecule has 6 N–H and O–H groups in total. The van der Waals surface area contributed by atoms with Gasteiger partial charge in [0.05, 0.1) is 66.1 Å². The van der Waals surface area contributed by atoms with Crippen molar-refractivity contribution < 1.29 is 23.7 Å². The van der Waals surface area contributed by atoms with Crippen molar-refractivity contribution in [3.05, 3.63) is 0 Å². The molecule has 1 fully saturated rings. The summed E-state index contributed by atoms with van der Waals surface area (Å²) in [6.07, 6.45) is 0. The van der Waals surface area contributed by atoms with Gasteiger partial charge in [0.25, 0.3) is 0 Å². The maximum atomic E-state index is 5.89. The molecule has 156 valence electrons. The molecular formula is C17H38N4O5. The summed E-state index contributed by atoms with van der Waals surface area (Å²) < 4.78 is 28.2. The Bertz CT molecular complexity index is 285. The van der Waals surface area contributed by atoms with Gasteiger partial charge in [-0.1, -0.05) is 0 Å². The highest BCUT2D eigenvalue weighted by molar-refractivity contribution is 4.84. The lowest BCUT2D eigenvalue weighted by Crippen LogP contribution is -2.50. The van der Waals surface area contributed by atoms with Gasteiger partial charge in [-0.2, -0.15) is 0 Å². The Labute approximate surface area is 157 Å². The third-order valence-corrected chi connectivity index (χ3v) is 3.95. The summed E-state index contributed by atoms with van der Waals surface area (Å²) in [6.45, 7) is 9.74. The van der Waals surface area contributed by atoms with Gasteiger partial charge in [0, 0.05) is 44.7 Å². The van der Waals surface area contributed by atoms with E-state index in [4.69, 9.17) is 35.2 Å². The van der Waals surface area contributed by atoms with E-state index >= 15 is 0 Å².